The smallest absolute Gasteiger partial charge is 0.224 e. The van der Waals surface area contributed by atoms with E-state index in [4.69, 9.17) is 0 Å². The van der Waals surface area contributed by atoms with Gasteiger partial charge in [0.15, 0.2) is 0 Å². The molecule has 0 aliphatic heterocycles. The highest BCUT2D eigenvalue weighted by molar-refractivity contribution is 7.15. The number of hydrogen-bond acceptors (Lipinski definition) is 4. The van der Waals surface area contributed by atoms with Crippen LogP contribution < -0.4 is 5.32 Å². The molecule has 0 atom stereocenters. The van der Waals surface area contributed by atoms with Gasteiger partial charge in [0.25, 0.3) is 0 Å². The molecule has 1 aromatic carbocycles. The van der Waals surface area contributed by atoms with Crippen LogP contribution in [0.2, 0.25) is 0 Å². The highest BCUT2D eigenvalue weighted by Crippen LogP contribution is 2.13. The molecular formula is C15H16N4OS. The van der Waals surface area contributed by atoms with E-state index in [-0.39, 0.29) is 5.91 Å². The van der Waals surface area contributed by atoms with Crippen LogP contribution in [0.15, 0.2) is 36.0 Å². The molecule has 2 heterocycles. The standard InChI is InChI=1S/C15H16N4OS/c1-11-2-4-12(5-3-11)8-14(20)16-7-6-13-9-21-15-18-17-10-19(13)15/h2-5,9-10H,6-8H2,1H3,(H,16,20). The molecule has 0 radical (unpaired) electrons. The molecule has 0 aliphatic rings. The van der Waals surface area contributed by atoms with Gasteiger partial charge < -0.3 is 5.32 Å². The molecule has 1 amide bonds. The first-order valence-corrected chi connectivity index (χ1v) is 7.69. The summed E-state index contributed by atoms with van der Waals surface area (Å²) in [5.74, 6) is 0.0501. The van der Waals surface area contributed by atoms with Gasteiger partial charge >= 0.3 is 0 Å². The summed E-state index contributed by atoms with van der Waals surface area (Å²) in [4.78, 5) is 12.8. The third-order valence-electron chi connectivity index (χ3n) is 3.31. The lowest BCUT2D eigenvalue weighted by atomic mass is 10.1. The molecule has 0 aliphatic carbocycles. The average Bonchev–Trinajstić information content (AvgIpc) is 3.06. The number of aromatic nitrogens is 3. The van der Waals surface area contributed by atoms with Crippen LogP contribution in [-0.2, 0) is 17.6 Å². The molecule has 0 saturated heterocycles. The molecule has 108 valence electrons. The Labute approximate surface area is 126 Å². The molecule has 5 nitrogen and oxygen atoms in total. The van der Waals surface area contributed by atoms with Gasteiger partial charge in [0, 0.05) is 24.0 Å². The van der Waals surface area contributed by atoms with E-state index in [2.05, 4.69) is 20.9 Å². The van der Waals surface area contributed by atoms with Crippen LogP contribution in [0.1, 0.15) is 16.8 Å². The second-order valence-electron chi connectivity index (χ2n) is 4.97. The Kier molecular flexibility index (Phi) is 3.96. The first-order chi connectivity index (χ1) is 10.2. The van der Waals surface area contributed by atoms with Crippen LogP contribution in [-0.4, -0.2) is 27.0 Å². The van der Waals surface area contributed by atoms with Crippen molar-refractivity contribution in [2.24, 2.45) is 0 Å². The van der Waals surface area contributed by atoms with E-state index in [0.717, 1.165) is 22.6 Å². The number of benzene rings is 1. The minimum Gasteiger partial charge on any atom is -0.355 e. The number of aryl methyl sites for hydroxylation is 1. The third kappa shape index (κ3) is 3.28. The van der Waals surface area contributed by atoms with Crippen LogP contribution in [0.5, 0.6) is 0 Å². The fraction of sp³-hybridized carbons (Fsp3) is 0.267. The van der Waals surface area contributed by atoms with Crippen molar-refractivity contribution in [3.8, 4) is 0 Å². The van der Waals surface area contributed by atoms with Crippen molar-refractivity contribution >= 4 is 22.2 Å². The lowest BCUT2D eigenvalue weighted by molar-refractivity contribution is -0.120. The number of fused-ring (bicyclic) bond motifs is 1. The van der Waals surface area contributed by atoms with Gasteiger partial charge in [-0.1, -0.05) is 29.8 Å². The van der Waals surface area contributed by atoms with Gasteiger partial charge in [0.05, 0.1) is 6.42 Å². The summed E-state index contributed by atoms with van der Waals surface area (Å²) in [6.45, 7) is 2.66. The van der Waals surface area contributed by atoms with Crippen LogP contribution in [0.3, 0.4) is 0 Å². The molecule has 2 aromatic heterocycles. The van der Waals surface area contributed by atoms with Gasteiger partial charge in [0.1, 0.15) is 6.33 Å². The van der Waals surface area contributed by atoms with Gasteiger partial charge in [-0.2, -0.15) is 0 Å². The molecule has 0 fully saturated rings. The summed E-state index contributed by atoms with van der Waals surface area (Å²) in [6.07, 6.45) is 2.90. The van der Waals surface area contributed by atoms with Gasteiger partial charge in [0.2, 0.25) is 10.9 Å². The first-order valence-electron chi connectivity index (χ1n) is 6.81. The van der Waals surface area contributed by atoms with Gasteiger partial charge in [-0.25, -0.2) is 0 Å². The van der Waals surface area contributed by atoms with Crippen LogP contribution in [0, 0.1) is 6.92 Å². The van der Waals surface area contributed by atoms with E-state index >= 15 is 0 Å². The Bertz CT molecular complexity index is 744. The topological polar surface area (TPSA) is 59.3 Å². The highest BCUT2D eigenvalue weighted by Gasteiger charge is 2.06. The summed E-state index contributed by atoms with van der Waals surface area (Å²) in [5.41, 5.74) is 3.36. The van der Waals surface area contributed by atoms with Gasteiger partial charge in [-0.15, -0.1) is 21.5 Å². The van der Waals surface area contributed by atoms with E-state index in [1.807, 2.05) is 35.6 Å². The summed E-state index contributed by atoms with van der Waals surface area (Å²) < 4.78 is 1.96. The normalized spacial score (nSPS) is 10.9. The zero-order valence-electron chi connectivity index (χ0n) is 11.7. The van der Waals surface area contributed by atoms with Crippen LogP contribution in [0.4, 0.5) is 0 Å². The Morgan fingerprint density at radius 2 is 2.14 bits per heavy atom. The second kappa shape index (κ2) is 6.05. The SMILES string of the molecule is Cc1ccc(CC(=O)NCCc2csc3nncn23)cc1. The number of amides is 1. The number of rotatable bonds is 5. The fourth-order valence-electron chi connectivity index (χ4n) is 2.14. The van der Waals surface area contributed by atoms with Crippen molar-refractivity contribution in [3.05, 3.63) is 52.8 Å². The predicted octanol–water partition coefficient (Wildman–Crippen LogP) is 2.00. The van der Waals surface area contributed by atoms with E-state index in [9.17, 15) is 4.79 Å². The summed E-state index contributed by atoms with van der Waals surface area (Å²) in [7, 11) is 0. The maximum atomic E-state index is 11.9. The number of nitrogens with one attached hydrogen (secondary N) is 1. The molecule has 6 heteroatoms. The zero-order valence-corrected chi connectivity index (χ0v) is 12.6. The lowest BCUT2D eigenvalue weighted by Crippen LogP contribution is -2.27. The van der Waals surface area contributed by atoms with Crippen molar-refractivity contribution in [1.82, 2.24) is 19.9 Å². The lowest BCUT2D eigenvalue weighted by Gasteiger charge is -2.05. The predicted molar refractivity (Wildman–Crippen MR) is 82.5 cm³/mol. The summed E-state index contributed by atoms with van der Waals surface area (Å²) in [5, 5.41) is 12.9. The quantitative estimate of drug-likeness (QED) is 0.784. The number of carbonyl (C=O) groups is 1. The fourth-order valence-corrected chi connectivity index (χ4v) is 2.99. The zero-order chi connectivity index (χ0) is 14.7. The molecule has 0 spiro atoms. The number of carbonyl (C=O) groups excluding carboxylic acids is 1. The molecular weight excluding hydrogens is 284 g/mol. The van der Waals surface area contributed by atoms with E-state index in [0.29, 0.717) is 13.0 Å². The van der Waals surface area contributed by atoms with E-state index in [1.165, 1.54) is 5.56 Å². The van der Waals surface area contributed by atoms with E-state index in [1.54, 1.807) is 17.7 Å². The van der Waals surface area contributed by atoms with Crippen molar-refractivity contribution < 1.29 is 4.79 Å². The van der Waals surface area contributed by atoms with E-state index < -0.39 is 0 Å². The van der Waals surface area contributed by atoms with Crippen molar-refractivity contribution in [3.63, 3.8) is 0 Å². The largest absolute Gasteiger partial charge is 0.355 e. The Balaban J connectivity index is 1.50. The van der Waals surface area contributed by atoms with Crippen molar-refractivity contribution in [2.75, 3.05) is 6.54 Å². The maximum Gasteiger partial charge on any atom is 0.224 e. The van der Waals surface area contributed by atoms with Gasteiger partial charge in [-0.3, -0.25) is 9.20 Å². The average molecular weight is 300 g/mol. The van der Waals surface area contributed by atoms with Crippen molar-refractivity contribution in [2.45, 2.75) is 19.8 Å². The van der Waals surface area contributed by atoms with Crippen LogP contribution in [0.25, 0.3) is 4.96 Å². The number of hydrogen-bond donors (Lipinski definition) is 1. The minimum atomic E-state index is 0.0501. The molecule has 3 aromatic rings. The molecule has 0 bridgehead atoms. The maximum absolute atomic E-state index is 11.9. The molecule has 21 heavy (non-hydrogen) atoms. The first kappa shape index (κ1) is 13.8. The molecule has 0 unspecified atom stereocenters. The molecule has 1 N–H and O–H groups in total. The molecule has 0 saturated carbocycles. The Morgan fingerprint density at radius 1 is 1.33 bits per heavy atom. The van der Waals surface area contributed by atoms with Gasteiger partial charge in [-0.05, 0) is 12.5 Å². The highest BCUT2D eigenvalue weighted by atomic mass is 32.1. The third-order valence-corrected chi connectivity index (χ3v) is 4.19. The summed E-state index contributed by atoms with van der Waals surface area (Å²) >= 11 is 1.56. The second-order valence-corrected chi connectivity index (χ2v) is 5.81. The summed E-state index contributed by atoms with van der Waals surface area (Å²) in [6, 6.07) is 8.04. The monoisotopic (exact) mass is 300 g/mol. The number of nitrogens with zero attached hydrogens (tertiary/aromatic N) is 3. The van der Waals surface area contributed by atoms with Crippen LogP contribution >= 0.6 is 11.3 Å². The number of thiazole rings is 1. The minimum absolute atomic E-state index is 0.0501. The Hall–Kier alpha value is -2.21. The Morgan fingerprint density at radius 3 is 2.95 bits per heavy atom. The van der Waals surface area contributed by atoms with Crippen molar-refractivity contribution in [1.29, 1.82) is 0 Å². The molecule has 3 rings (SSSR count).